The van der Waals surface area contributed by atoms with Crippen LogP contribution in [-0.4, -0.2) is 0 Å². The van der Waals surface area contributed by atoms with Crippen molar-refractivity contribution in [3.63, 3.8) is 0 Å². The Hall–Kier alpha value is -2.68. The summed E-state index contributed by atoms with van der Waals surface area (Å²) in [7, 11) is 0. The van der Waals surface area contributed by atoms with Crippen LogP contribution < -0.4 is 0 Å². The lowest BCUT2D eigenvalue weighted by atomic mass is 9.98. The maximum atomic E-state index is 2.36. The van der Waals surface area contributed by atoms with Gasteiger partial charge in [0.05, 0.1) is 0 Å². The Labute approximate surface area is 165 Å². The van der Waals surface area contributed by atoms with E-state index in [9.17, 15) is 0 Å². The van der Waals surface area contributed by atoms with E-state index >= 15 is 0 Å². The first kappa shape index (κ1) is 15.4. The molecule has 0 aliphatic rings. The average Bonchev–Trinajstić information content (AvgIpc) is 3.31. The van der Waals surface area contributed by atoms with E-state index in [1.807, 2.05) is 22.7 Å². The van der Waals surface area contributed by atoms with Crippen molar-refractivity contribution in [3.05, 3.63) is 83.7 Å². The van der Waals surface area contributed by atoms with Crippen LogP contribution in [-0.2, 0) is 0 Å². The van der Waals surface area contributed by atoms with Crippen molar-refractivity contribution in [2.75, 3.05) is 0 Å². The molecule has 6 aromatic rings. The average molecular weight is 381 g/mol. The topological polar surface area (TPSA) is 0 Å². The maximum absolute atomic E-state index is 2.36. The van der Waals surface area contributed by atoms with Gasteiger partial charge in [0.1, 0.15) is 0 Å². The fourth-order valence-electron chi connectivity index (χ4n) is 4.13. The first-order valence-electron chi connectivity index (χ1n) is 9.11. The summed E-state index contributed by atoms with van der Waals surface area (Å²) in [4.78, 5) is 2.71. The molecule has 0 atom stereocenters. The van der Waals surface area contributed by atoms with E-state index in [2.05, 4.69) is 85.8 Å². The summed E-state index contributed by atoms with van der Waals surface area (Å²) in [5.41, 5.74) is 1.29. The summed E-state index contributed by atoms with van der Waals surface area (Å²) >= 11 is 3.76. The molecule has 2 heterocycles. The van der Waals surface area contributed by atoms with Gasteiger partial charge >= 0.3 is 0 Å². The quantitative estimate of drug-likeness (QED) is 0.251. The molecule has 0 nitrogen and oxygen atoms in total. The Bertz CT molecular complexity index is 1470. The molecule has 0 radical (unpaired) electrons. The van der Waals surface area contributed by atoms with Gasteiger partial charge in [0, 0.05) is 29.9 Å². The highest BCUT2D eigenvalue weighted by Gasteiger charge is 2.11. The van der Waals surface area contributed by atoms with E-state index in [0.717, 1.165) is 0 Å². The van der Waals surface area contributed by atoms with Crippen LogP contribution in [0.25, 0.3) is 52.2 Å². The molecule has 0 aliphatic heterocycles. The molecular weight excluding hydrogens is 364 g/mol. The van der Waals surface area contributed by atoms with E-state index in [-0.39, 0.29) is 0 Å². The first-order valence-corrected chi connectivity index (χ1v) is 10.7. The fraction of sp³-hybridized carbons (Fsp3) is 0.0400. The van der Waals surface area contributed by atoms with Crippen molar-refractivity contribution >= 4 is 64.4 Å². The van der Waals surface area contributed by atoms with E-state index in [1.54, 1.807) is 0 Å². The third kappa shape index (κ3) is 2.27. The third-order valence-corrected chi connectivity index (χ3v) is 7.54. The predicted octanol–water partition coefficient (Wildman–Crippen LogP) is 8.40. The monoisotopic (exact) mass is 380 g/mol. The summed E-state index contributed by atoms with van der Waals surface area (Å²) in [6, 6.07) is 29.2. The second kappa shape index (κ2) is 5.66. The van der Waals surface area contributed by atoms with Gasteiger partial charge < -0.3 is 0 Å². The zero-order chi connectivity index (χ0) is 18.0. The molecule has 0 aliphatic carbocycles. The Morgan fingerprint density at radius 1 is 0.519 bits per heavy atom. The van der Waals surface area contributed by atoms with Gasteiger partial charge in [-0.05, 0) is 58.3 Å². The van der Waals surface area contributed by atoms with Crippen molar-refractivity contribution in [2.45, 2.75) is 6.92 Å². The van der Waals surface area contributed by atoms with E-state index in [4.69, 9.17) is 0 Å². The van der Waals surface area contributed by atoms with Gasteiger partial charge in [-0.2, -0.15) is 0 Å². The highest BCUT2D eigenvalue weighted by Crippen LogP contribution is 2.41. The van der Waals surface area contributed by atoms with E-state index < -0.39 is 0 Å². The molecule has 2 heteroatoms. The number of thiophene rings is 2. The molecule has 0 N–H and O–H groups in total. The summed E-state index contributed by atoms with van der Waals surface area (Å²) in [6.45, 7) is 2.19. The van der Waals surface area contributed by atoms with E-state index in [0.29, 0.717) is 0 Å². The Kier molecular flexibility index (Phi) is 3.22. The predicted molar refractivity (Wildman–Crippen MR) is 122 cm³/mol. The normalized spacial score (nSPS) is 11.9. The van der Waals surface area contributed by atoms with Gasteiger partial charge in [0.2, 0.25) is 0 Å². The molecule has 4 aromatic carbocycles. The molecule has 0 amide bonds. The van der Waals surface area contributed by atoms with Crippen molar-refractivity contribution in [2.24, 2.45) is 0 Å². The van der Waals surface area contributed by atoms with Gasteiger partial charge in [-0.3, -0.25) is 0 Å². The van der Waals surface area contributed by atoms with Crippen LogP contribution in [0.5, 0.6) is 0 Å². The molecule has 6 rings (SSSR count). The number of aryl methyl sites for hydroxylation is 1. The van der Waals surface area contributed by atoms with Gasteiger partial charge in [-0.15, -0.1) is 22.7 Å². The van der Waals surface area contributed by atoms with Crippen molar-refractivity contribution < 1.29 is 0 Å². The minimum Gasteiger partial charge on any atom is -0.141 e. The Morgan fingerprint density at radius 3 is 1.78 bits per heavy atom. The van der Waals surface area contributed by atoms with Gasteiger partial charge in [-0.25, -0.2) is 0 Å². The maximum Gasteiger partial charge on any atom is 0.0355 e. The van der Waals surface area contributed by atoms with Crippen molar-refractivity contribution in [1.82, 2.24) is 0 Å². The standard InChI is InChI=1S/C25H16S2/c1-15-13-21-19-7-8-20-18(17(19)9-11-23(21)26-15)10-12-24-22(20)14-25(27-24)16-5-3-2-4-6-16/h2-14H,1H3. The number of hydrogen-bond acceptors (Lipinski definition) is 2. The first-order chi connectivity index (χ1) is 13.3. The molecule has 27 heavy (non-hydrogen) atoms. The van der Waals surface area contributed by atoms with Crippen molar-refractivity contribution in [3.8, 4) is 10.4 Å². The zero-order valence-corrected chi connectivity index (χ0v) is 16.5. The van der Waals surface area contributed by atoms with E-state index in [1.165, 1.54) is 57.0 Å². The lowest BCUT2D eigenvalue weighted by molar-refractivity contribution is 1.66. The largest absolute Gasteiger partial charge is 0.141 e. The number of benzene rings is 4. The number of rotatable bonds is 1. The number of fused-ring (bicyclic) bond motifs is 7. The van der Waals surface area contributed by atoms with Crippen LogP contribution in [0.4, 0.5) is 0 Å². The number of hydrogen-bond donors (Lipinski definition) is 0. The molecule has 0 spiro atoms. The fourth-order valence-corrected chi connectivity index (χ4v) is 6.16. The highest BCUT2D eigenvalue weighted by molar-refractivity contribution is 7.22. The molecule has 0 saturated carbocycles. The minimum absolute atomic E-state index is 1.29. The van der Waals surface area contributed by atoms with Gasteiger partial charge in [-0.1, -0.05) is 54.6 Å². The SMILES string of the molecule is Cc1cc2c(ccc3c2ccc2c4cc(-c5ccccc5)sc4ccc23)s1. The lowest BCUT2D eigenvalue weighted by Gasteiger charge is -2.06. The zero-order valence-electron chi connectivity index (χ0n) is 14.8. The summed E-state index contributed by atoms with van der Waals surface area (Å²) < 4.78 is 2.73. The summed E-state index contributed by atoms with van der Waals surface area (Å²) in [5.74, 6) is 0. The molecule has 2 aromatic heterocycles. The van der Waals surface area contributed by atoms with Gasteiger partial charge in [0.25, 0.3) is 0 Å². The molecule has 0 bridgehead atoms. The van der Waals surface area contributed by atoms with Crippen molar-refractivity contribution in [1.29, 1.82) is 0 Å². The smallest absolute Gasteiger partial charge is 0.0355 e. The third-order valence-electron chi connectivity index (χ3n) is 5.37. The molecule has 0 fully saturated rings. The second-order valence-corrected chi connectivity index (χ2v) is 9.42. The van der Waals surface area contributed by atoms with Crippen LogP contribution >= 0.6 is 22.7 Å². The molecule has 0 saturated heterocycles. The second-order valence-electron chi connectivity index (χ2n) is 7.04. The molecule has 0 unspecified atom stereocenters. The highest BCUT2D eigenvalue weighted by atomic mass is 32.1. The van der Waals surface area contributed by atoms with Gasteiger partial charge in [0.15, 0.2) is 0 Å². The Balaban J connectivity index is 1.69. The summed E-state index contributed by atoms with van der Waals surface area (Å²) in [6.07, 6.45) is 0. The Morgan fingerprint density at radius 2 is 1.07 bits per heavy atom. The van der Waals surface area contributed by atoms with Crippen LogP contribution in [0.15, 0.2) is 78.9 Å². The molecular formula is C25H16S2. The van der Waals surface area contributed by atoms with Crippen LogP contribution in [0.2, 0.25) is 0 Å². The van der Waals surface area contributed by atoms with Crippen LogP contribution in [0.3, 0.4) is 0 Å². The summed E-state index contributed by atoms with van der Waals surface area (Å²) in [5, 5.41) is 8.16. The minimum atomic E-state index is 1.29. The lowest BCUT2D eigenvalue weighted by Crippen LogP contribution is -1.79. The molecule has 128 valence electrons. The van der Waals surface area contributed by atoms with Crippen LogP contribution in [0, 0.1) is 6.92 Å². The van der Waals surface area contributed by atoms with Crippen LogP contribution in [0.1, 0.15) is 4.88 Å².